The third-order valence-corrected chi connectivity index (χ3v) is 1.85. The summed E-state index contributed by atoms with van der Waals surface area (Å²) in [6.45, 7) is 0.155. The Bertz CT molecular complexity index is 331. The van der Waals surface area contributed by atoms with Gasteiger partial charge in [-0.05, 0) is 18.2 Å². The van der Waals surface area contributed by atoms with Crippen LogP contribution >= 0.6 is 0 Å². The van der Waals surface area contributed by atoms with E-state index in [1.54, 1.807) is 25.3 Å². The number of ketones is 1. The number of benzene rings is 1. The van der Waals surface area contributed by atoms with Crippen LogP contribution in [0, 0.1) is 0 Å². The molecule has 0 saturated heterocycles. The lowest BCUT2D eigenvalue weighted by Gasteiger charge is -2.00. The molecule has 0 spiro atoms. The van der Waals surface area contributed by atoms with E-state index in [1.165, 1.54) is 0 Å². The first-order chi connectivity index (χ1) is 5.81. The van der Waals surface area contributed by atoms with Crippen molar-refractivity contribution < 1.29 is 14.3 Å². The van der Waals surface area contributed by atoms with E-state index in [2.05, 4.69) is 0 Å². The van der Waals surface area contributed by atoms with Crippen molar-refractivity contribution in [3.63, 3.8) is 0 Å². The number of hydrogen-bond acceptors (Lipinski definition) is 3. The Hall–Kier alpha value is -1.51. The highest BCUT2D eigenvalue weighted by Gasteiger charge is 2.20. The third kappa shape index (κ3) is 0.942. The molecule has 1 aliphatic rings. The second kappa shape index (κ2) is 2.52. The van der Waals surface area contributed by atoms with Crippen molar-refractivity contribution in [3.8, 4) is 11.5 Å². The summed E-state index contributed by atoms with van der Waals surface area (Å²) >= 11 is 0. The molecule has 0 radical (unpaired) electrons. The lowest BCUT2D eigenvalue weighted by molar-refractivity contribution is 0.0961. The summed E-state index contributed by atoms with van der Waals surface area (Å²) in [5.74, 6) is 1.36. The molecule has 3 heteroatoms. The van der Waals surface area contributed by atoms with Crippen LogP contribution in [0.15, 0.2) is 18.2 Å². The minimum absolute atomic E-state index is 0.0175. The van der Waals surface area contributed by atoms with Gasteiger partial charge in [0.2, 0.25) is 5.78 Å². The van der Waals surface area contributed by atoms with Crippen molar-refractivity contribution >= 4 is 5.78 Å². The molecule has 1 aromatic rings. The Kier molecular flexibility index (Phi) is 1.50. The average Bonchev–Trinajstić information content (AvgIpc) is 2.47. The zero-order valence-electron chi connectivity index (χ0n) is 6.66. The number of carbonyl (C=O) groups is 1. The van der Waals surface area contributed by atoms with E-state index in [4.69, 9.17) is 9.47 Å². The molecule has 3 nitrogen and oxygen atoms in total. The zero-order valence-corrected chi connectivity index (χ0v) is 6.66. The van der Waals surface area contributed by atoms with Gasteiger partial charge in [-0.3, -0.25) is 4.79 Å². The van der Waals surface area contributed by atoms with E-state index >= 15 is 0 Å². The minimum Gasteiger partial charge on any atom is -0.497 e. The van der Waals surface area contributed by atoms with Crippen molar-refractivity contribution in [1.29, 1.82) is 0 Å². The molecule has 0 unspecified atom stereocenters. The molecule has 0 amide bonds. The number of carbonyl (C=O) groups excluding carboxylic acids is 1. The zero-order chi connectivity index (χ0) is 8.55. The number of Topliss-reactive ketones (excluding diaryl/α,β-unsaturated/α-hetero) is 1. The SMILES string of the molecule is COc1ccc2c(c1)[14C](=O)CO2. The molecular weight excluding hydrogens is 158 g/mol. The Morgan fingerprint density at radius 2 is 2.42 bits per heavy atom. The van der Waals surface area contributed by atoms with Gasteiger partial charge in [0.15, 0.2) is 6.61 Å². The van der Waals surface area contributed by atoms with E-state index in [9.17, 15) is 4.79 Å². The highest BCUT2D eigenvalue weighted by molar-refractivity contribution is 6.02. The molecule has 0 bridgehead atoms. The molecule has 0 saturated carbocycles. The van der Waals surface area contributed by atoms with Crippen LogP contribution in [-0.4, -0.2) is 19.5 Å². The molecule has 12 heavy (non-hydrogen) atoms. The number of rotatable bonds is 1. The largest absolute Gasteiger partial charge is 0.497 e. The topological polar surface area (TPSA) is 35.5 Å². The summed E-state index contributed by atoms with van der Waals surface area (Å²) in [5.41, 5.74) is 0.620. The summed E-state index contributed by atoms with van der Waals surface area (Å²) in [7, 11) is 1.57. The lowest BCUT2D eigenvalue weighted by Crippen LogP contribution is -1.98. The number of methoxy groups -OCH3 is 1. The van der Waals surface area contributed by atoms with Gasteiger partial charge in [0, 0.05) is 0 Å². The van der Waals surface area contributed by atoms with Crippen LogP contribution in [-0.2, 0) is 0 Å². The van der Waals surface area contributed by atoms with Crippen LogP contribution in [0.1, 0.15) is 10.4 Å². The second-order valence-corrected chi connectivity index (χ2v) is 2.57. The summed E-state index contributed by atoms with van der Waals surface area (Å²) < 4.78 is 10.1. The van der Waals surface area contributed by atoms with Crippen molar-refractivity contribution in [2.24, 2.45) is 0 Å². The lowest BCUT2D eigenvalue weighted by atomic mass is 10.3. The Morgan fingerprint density at radius 1 is 1.58 bits per heavy atom. The Morgan fingerprint density at radius 3 is 3.17 bits per heavy atom. The molecule has 0 N–H and O–H groups in total. The minimum atomic E-state index is 0.0175. The van der Waals surface area contributed by atoms with Gasteiger partial charge in [-0.15, -0.1) is 0 Å². The van der Waals surface area contributed by atoms with E-state index in [0.29, 0.717) is 17.1 Å². The fraction of sp³-hybridized carbons (Fsp3) is 0.222. The van der Waals surface area contributed by atoms with Crippen molar-refractivity contribution in [1.82, 2.24) is 0 Å². The van der Waals surface area contributed by atoms with E-state index in [-0.39, 0.29) is 12.4 Å². The molecule has 1 heterocycles. The maximum atomic E-state index is 11.2. The molecule has 0 atom stereocenters. The average molecular weight is 166 g/mol. The fourth-order valence-corrected chi connectivity index (χ4v) is 1.20. The second-order valence-electron chi connectivity index (χ2n) is 2.57. The first-order valence-corrected chi connectivity index (χ1v) is 3.65. The van der Waals surface area contributed by atoms with Crippen molar-refractivity contribution in [3.05, 3.63) is 23.8 Å². The van der Waals surface area contributed by atoms with E-state index in [0.717, 1.165) is 0 Å². The number of fused-ring (bicyclic) bond motifs is 1. The fourth-order valence-electron chi connectivity index (χ4n) is 1.20. The summed E-state index contributed by atoms with van der Waals surface area (Å²) in [5, 5.41) is 0. The predicted molar refractivity (Wildman–Crippen MR) is 42.8 cm³/mol. The van der Waals surface area contributed by atoms with Gasteiger partial charge < -0.3 is 9.47 Å². The van der Waals surface area contributed by atoms with Crippen LogP contribution in [0.5, 0.6) is 11.5 Å². The van der Waals surface area contributed by atoms with Gasteiger partial charge in [0.1, 0.15) is 11.5 Å². The predicted octanol–water partition coefficient (Wildman–Crippen LogP) is 1.27. The van der Waals surface area contributed by atoms with Crippen LogP contribution in [0.3, 0.4) is 0 Å². The number of hydrogen-bond donors (Lipinski definition) is 0. The summed E-state index contributed by atoms with van der Waals surface area (Å²) in [4.78, 5) is 11.2. The molecule has 1 aliphatic heterocycles. The highest BCUT2D eigenvalue weighted by atomic mass is 16.5. The molecule has 1 aromatic carbocycles. The van der Waals surface area contributed by atoms with Crippen LogP contribution in [0.4, 0.5) is 0 Å². The Balaban J connectivity index is 2.50. The van der Waals surface area contributed by atoms with Gasteiger partial charge in [-0.25, -0.2) is 0 Å². The number of ether oxygens (including phenoxy) is 2. The molecule has 2 rings (SSSR count). The standard InChI is InChI=1S/C9H8O3/c1-11-6-2-3-9-7(4-6)8(10)5-12-9/h2-4H,5H2,1H3/i8+2. The van der Waals surface area contributed by atoms with Gasteiger partial charge in [0.05, 0.1) is 12.7 Å². The molecule has 0 aromatic heterocycles. The maximum absolute atomic E-state index is 11.2. The van der Waals surface area contributed by atoms with E-state index < -0.39 is 0 Å². The smallest absolute Gasteiger partial charge is 0.204 e. The molecular formula is C9H8O3. The quantitative estimate of drug-likeness (QED) is 0.630. The van der Waals surface area contributed by atoms with Gasteiger partial charge >= 0.3 is 0 Å². The monoisotopic (exact) mass is 166 g/mol. The summed E-state index contributed by atoms with van der Waals surface area (Å²) in [6, 6.07) is 5.22. The summed E-state index contributed by atoms with van der Waals surface area (Å²) in [6.07, 6.45) is 0. The van der Waals surface area contributed by atoms with Crippen LogP contribution in [0.2, 0.25) is 0 Å². The van der Waals surface area contributed by atoms with Crippen molar-refractivity contribution in [2.75, 3.05) is 13.7 Å². The van der Waals surface area contributed by atoms with Crippen LogP contribution < -0.4 is 9.47 Å². The highest BCUT2D eigenvalue weighted by Crippen LogP contribution is 2.28. The maximum Gasteiger partial charge on any atom is 0.204 e. The van der Waals surface area contributed by atoms with E-state index in [1.807, 2.05) is 0 Å². The first kappa shape index (κ1) is 7.16. The van der Waals surface area contributed by atoms with Gasteiger partial charge in [-0.2, -0.15) is 0 Å². The normalized spacial score (nSPS) is 13.9. The van der Waals surface area contributed by atoms with Crippen LogP contribution in [0.25, 0.3) is 0 Å². The molecule has 0 aliphatic carbocycles. The molecule has 0 fully saturated rings. The van der Waals surface area contributed by atoms with Gasteiger partial charge in [0.25, 0.3) is 0 Å². The van der Waals surface area contributed by atoms with Crippen molar-refractivity contribution in [2.45, 2.75) is 0 Å². The third-order valence-electron chi connectivity index (χ3n) is 1.85. The molecule has 62 valence electrons. The first-order valence-electron chi connectivity index (χ1n) is 3.65. The van der Waals surface area contributed by atoms with Gasteiger partial charge in [-0.1, -0.05) is 0 Å². The Labute approximate surface area is 69.9 Å².